The van der Waals surface area contributed by atoms with Crippen LogP contribution in [-0.4, -0.2) is 43.3 Å². The first-order valence-electron chi connectivity index (χ1n) is 9.09. The molecule has 2 aromatic rings. The van der Waals surface area contributed by atoms with E-state index in [1.165, 1.54) is 20.3 Å². The van der Waals surface area contributed by atoms with Crippen LogP contribution in [0.2, 0.25) is 0 Å². The third-order valence-electron chi connectivity index (χ3n) is 4.89. The second-order valence-electron chi connectivity index (χ2n) is 6.77. The minimum atomic E-state index is -0.848. The van der Waals surface area contributed by atoms with Gasteiger partial charge in [-0.3, -0.25) is 0 Å². The van der Waals surface area contributed by atoms with Crippen LogP contribution in [0.25, 0.3) is 0 Å². The van der Waals surface area contributed by atoms with Gasteiger partial charge in [0.05, 0.1) is 25.9 Å². The standard InChI is InChI=1S/C21H24O8/c1-11(12(2)22)19(14-7-15(23)20(26-4)18(9-14)25-3)29-21(24)13-5-6-16-17(8-13)28-10-27-16/h5-9,11-12,19,22-23H,10H2,1-4H3/t11-,12?,19-/m1/s1. The first-order chi connectivity index (χ1) is 13.8. The summed E-state index contributed by atoms with van der Waals surface area (Å²) < 4.78 is 26.7. The number of phenols is 1. The van der Waals surface area contributed by atoms with Crippen LogP contribution in [0.5, 0.6) is 28.7 Å². The zero-order valence-electron chi connectivity index (χ0n) is 16.7. The summed E-state index contributed by atoms with van der Waals surface area (Å²) >= 11 is 0. The number of benzene rings is 2. The zero-order valence-corrected chi connectivity index (χ0v) is 16.7. The second-order valence-corrected chi connectivity index (χ2v) is 6.77. The molecular weight excluding hydrogens is 380 g/mol. The normalized spacial score (nSPS) is 15.3. The Bertz CT molecular complexity index is 892. The van der Waals surface area contributed by atoms with E-state index >= 15 is 0 Å². The summed E-state index contributed by atoms with van der Waals surface area (Å²) in [5.41, 5.74) is 0.740. The van der Waals surface area contributed by atoms with E-state index < -0.39 is 24.1 Å². The van der Waals surface area contributed by atoms with E-state index in [1.54, 1.807) is 38.1 Å². The van der Waals surface area contributed by atoms with Crippen molar-refractivity contribution in [3.8, 4) is 28.7 Å². The highest BCUT2D eigenvalue weighted by atomic mass is 16.7. The van der Waals surface area contributed by atoms with Crippen molar-refractivity contribution in [3.05, 3.63) is 41.5 Å². The number of rotatable bonds is 7. The third-order valence-corrected chi connectivity index (χ3v) is 4.89. The summed E-state index contributed by atoms with van der Waals surface area (Å²) in [7, 11) is 2.85. The molecule has 8 nitrogen and oxygen atoms in total. The van der Waals surface area contributed by atoms with Crippen molar-refractivity contribution in [2.24, 2.45) is 5.92 Å². The molecule has 0 saturated carbocycles. The first-order valence-corrected chi connectivity index (χ1v) is 9.09. The molecule has 29 heavy (non-hydrogen) atoms. The molecule has 8 heteroatoms. The number of methoxy groups -OCH3 is 2. The molecular formula is C21H24O8. The van der Waals surface area contributed by atoms with Gasteiger partial charge in [0.15, 0.2) is 23.0 Å². The fourth-order valence-electron chi connectivity index (χ4n) is 3.07. The summed E-state index contributed by atoms with van der Waals surface area (Å²) in [6.07, 6.45) is -1.63. The number of carbonyl (C=O) groups is 1. The molecule has 1 aliphatic heterocycles. The molecule has 0 amide bonds. The lowest BCUT2D eigenvalue weighted by Crippen LogP contribution is -2.25. The molecule has 0 aromatic heterocycles. The van der Waals surface area contributed by atoms with E-state index in [9.17, 15) is 15.0 Å². The van der Waals surface area contributed by atoms with Crippen LogP contribution < -0.4 is 18.9 Å². The van der Waals surface area contributed by atoms with Crippen LogP contribution in [0.3, 0.4) is 0 Å². The average molecular weight is 404 g/mol. The molecule has 1 heterocycles. The van der Waals surface area contributed by atoms with Gasteiger partial charge in [0, 0.05) is 11.5 Å². The summed E-state index contributed by atoms with van der Waals surface area (Å²) in [5.74, 6) is 0.235. The molecule has 1 unspecified atom stereocenters. The largest absolute Gasteiger partial charge is 0.504 e. The number of ether oxygens (including phenoxy) is 5. The number of aromatic hydroxyl groups is 1. The highest BCUT2D eigenvalue weighted by Gasteiger charge is 2.30. The van der Waals surface area contributed by atoms with Gasteiger partial charge in [0.25, 0.3) is 0 Å². The van der Waals surface area contributed by atoms with Crippen LogP contribution >= 0.6 is 0 Å². The number of aliphatic hydroxyl groups excluding tert-OH is 1. The number of aliphatic hydroxyl groups is 1. The van der Waals surface area contributed by atoms with E-state index in [0.717, 1.165) is 0 Å². The molecule has 2 aromatic carbocycles. The van der Waals surface area contributed by atoms with Gasteiger partial charge in [-0.15, -0.1) is 0 Å². The van der Waals surface area contributed by atoms with Crippen molar-refractivity contribution in [3.63, 3.8) is 0 Å². The fourth-order valence-corrected chi connectivity index (χ4v) is 3.07. The van der Waals surface area contributed by atoms with Crippen LogP contribution in [-0.2, 0) is 4.74 Å². The van der Waals surface area contributed by atoms with Crippen LogP contribution in [0.4, 0.5) is 0 Å². The molecule has 0 aliphatic carbocycles. The lowest BCUT2D eigenvalue weighted by atomic mass is 9.92. The maximum absolute atomic E-state index is 12.8. The maximum atomic E-state index is 12.8. The Kier molecular flexibility index (Phi) is 6.03. The van der Waals surface area contributed by atoms with E-state index in [-0.39, 0.29) is 29.6 Å². The van der Waals surface area contributed by atoms with Gasteiger partial charge in [0.1, 0.15) is 6.10 Å². The molecule has 3 atom stereocenters. The fraction of sp³-hybridized carbons (Fsp3) is 0.381. The van der Waals surface area contributed by atoms with E-state index in [2.05, 4.69) is 0 Å². The third kappa shape index (κ3) is 4.17. The van der Waals surface area contributed by atoms with Gasteiger partial charge in [-0.25, -0.2) is 4.79 Å². The minimum absolute atomic E-state index is 0.0977. The number of hydrogen-bond donors (Lipinski definition) is 2. The van der Waals surface area contributed by atoms with E-state index in [1.807, 2.05) is 0 Å². The van der Waals surface area contributed by atoms with E-state index in [0.29, 0.717) is 17.1 Å². The molecule has 0 spiro atoms. The lowest BCUT2D eigenvalue weighted by Gasteiger charge is -2.27. The number of esters is 1. The summed E-state index contributed by atoms with van der Waals surface area (Å²) in [6.45, 7) is 3.45. The van der Waals surface area contributed by atoms with Crippen molar-refractivity contribution < 1.29 is 38.7 Å². The number of fused-ring (bicyclic) bond motifs is 1. The Morgan fingerprint density at radius 1 is 1.07 bits per heavy atom. The van der Waals surface area contributed by atoms with Crippen molar-refractivity contribution >= 4 is 5.97 Å². The quantitative estimate of drug-likeness (QED) is 0.679. The Labute approximate surface area is 168 Å². The van der Waals surface area contributed by atoms with E-state index in [4.69, 9.17) is 23.7 Å². The minimum Gasteiger partial charge on any atom is -0.504 e. The van der Waals surface area contributed by atoms with Crippen LogP contribution in [0.15, 0.2) is 30.3 Å². The SMILES string of the molecule is COc1cc([C@H](OC(=O)c2ccc3c(c2)OCO3)[C@H](C)C(C)O)cc(O)c1OC. The highest BCUT2D eigenvalue weighted by Crippen LogP contribution is 2.42. The zero-order chi connectivity index (χ0) is 21.1. The molecule has 2 N–H and O–H groups in total. The van der Waals surface area contributed by atoms with Gasteiger partial charge in [-0.2, -0.15) is 0 Å². The number of carbonyl (C=O) groups excluding carboxylic acids is 1. The van der Waals surface area contributed by atoms with Crippen molar-refractivity contribution in [2.75, 3.05) is 21.0 Å². The molecule has 156 valence electrons. The Balaban J connectivity index is 1.94. The Hall–Kier alpha value is -3.13. The summed E-state index contributed by atoms with van der Waals surface area (Å²) in [4.78, 5) is 12.8. The van der Waals surface area contributed by atoms with Gasteiger partial charge < -0.3 is 33.9 Å². The first kappa shape index (κ1) is 20.6. The van der Waals surface area contributed by atoms with Crippen molar-refractivity contribution in [2.45, 2.75) is 26.1 Å². The second kappa shape index (κ2) is 8.48. The Morgan fingerprint density at radius 3 is 2.45 bits per heavy atom. The lowest BCUT2D eigenvalue weighted by molar-refractivity contribution is -0.0103. The van der Waals surface area contributed by atoms with Gasteiger partial charge >= 0.3 is 5.97 Å². The topological polar surface area (TPSA) is 104 Å². The Morgan fingerprint density at radius 2 is 1.79 bits per heavy atom. The van der Waals surface area contributed by atoms with Gasteiger partial charge in [0.2, 0.25) is 12.5 Å². The van der Waals surface area contributed by atoms with Gasteiger partial charge in [-0.1, -0.05) is 6.92 Å². The molecule has 0 saturated heterocycles. The van der Waals surface area contributed by atoms with Crippen LogP contribution in [0.1, 0.15) is 35.9 Å². The average Bonchev–Trinajstić information content (AvgIpc) is 3.18. The molecule has 0 radical (unpaired) electrons. The highest BCUT2D eigenvalue weighted by molar-refractivity contribution is 5.90. The molecule has 1 aliphatic rings. The maximum Gasteiger partial charge on any atom is 0.338 e. The molecule has 3 rings (SSSR count). The predicted molar refractivity (Wildman–Crippen MR) is 103 cm³/mol. The number of phenolic OH excluding ortho intramolecular Hbond substituents is 1. The molecule has 0 bridgehead atoms. The summed E-state index contributed by atoms with van der Waals surface area (Å²) in [5, 5.41) is 20.4. The number of hydrogen-bond acceptors (Lipinski definition) is 8. The van der Waals surface area contributed by atoms with Crippen LogP contribution in [0, 0.1) is 5.92 Å². The smallest absolute Gasteiger partial charge is 0.338 e. The van der Waals surface area contributed by atoms with Crippen molar-refractivity contribution in [1.29, 1.82) is 0 Å². The van der Waals surface area contributed by atoms with Crippen molar-refractivity contribution in [1.82, 2.24) is 0 Å². The van der Waals surface area contributed by atoms with Gasteiger partial charge in [-0.05, 0) is 37.3 Å². The predicted octanol–water partition coefficient (Wildman–Crippen LogP) is 3.05. The monoisotopic (exact) mass is 404 g/mol. The molecule has 0 fully saturated rings. The summed E-state index contributed by atoms with van der Waals surface area (Å²) in [6, 6.07) is 7.79.